The normalized spacial score (nSPS) is 19.6. The Bertz CT molecular complexity index is 800. The second-order valence-electron chi connectivity index (χ2n) is 7.06. The predicted molar refractivity (Wildman–Crippen MR) is 99.8 cm³/mol. The van der Waals surface area contributed by atoms with Gasteiger partial charge in [-0.15, -0.1) is 0 Å². The molecule has 2 aromatic rings. The van der Waals surface area contributed by atoms with Gasteiger partial charge in [-0.3, -0.25) is 9.59 Å². The van der Waals surface area contributed by atoms with Crippen molar-refractivity contribution in [1.82, 2.24) is 4.90 Å². The van der Waals surface area contributed by atoms with Crippen molar-refractivity contribution in [3.05, 3.63) is 71.0 Å². The molecule has 4 heteroatoms. The van der Waals surface area contributed by atoms with E-state index in [-0.39, 0.29) is 29.6 Å². The molecule has 1 aliphatic rings. The van der Waals surface area contributed by atoms with E-state index < -0.39 is 0 Å². The summed E-state index contributed by atoms with van der Waals surface area (Å²) >= 11 is 0. The first kappa shape index (κ1) is 18.3. The molecule has 26 heavy (non-hydrogen) atoms. The maximum Gasteiger partial charge on any atom is 0.255 e. The van der Waals surface area contributed by atoms with Gasteiger partial charge in [-0.2, -0.15) is 0 Å². The molecule has 3 rings (SSSR count). The van der Waals surface area contributed by atoms with Crippen LogP contribution < -0.4 is 0 Å². The summed E-state index contributed by atoms with van der Waals surface area (Å²) in [6, 6.07) is 13.9. The number of amides is 1. The van der Waals surface area contributed by atoms with Gasteiger partial charge in [-0.25, -0.2) is 4.39 Å². The number of carbonyl (C=O) groups is 2. The Morgan fingerprint density at radius 3 is 2.35 bits per heavy atom. The lowest BCUT2D eigenvalue weighted by Crippen LogP contribution is -2.40. The smallest absolute Gasteiger partial charge is 0.255 e. The topological polar surface area (TPSA) is 37.4 Å². The highest BCUT2D eigenvalue weighted by molar-refractivity contribution is 6.07. The number of nitrogens with zero attached hydrogens (tertiary/aromatic N) is 1. The molecule has 2 atom stereocenters. The fourth-order valence-electron chi connectivity index (χ4n) is 3.82. The minimum Gasteiger partial charge on any atom is -0.333 e. The summed E-state index contributed by atoms with van der Waals surface area (Å²) < 4.78 is 13.1. The minimum atomic E-state index is -0.235. The standard InChI is InChI=1S/C22H24FNO2/c1-15-7-13-19(14-10-17-8-11-18(23)12-9-17)24(15)22(26)21-6-4-3-5-20(21)16(2)25/h3-6,8-9,11-12,15,19H,7,10,13-14H2,1-2H3/t15-,19-/m1/s1. The number of Topliss-reactive ketones (excluding diaryl/α,β-unsaturated/α-hetero) is 1. The van der Waals surface area contributed by atoms with Crippen LogP contribution >= 0.6 is 0 Å². The third-order valence-corrected chi connectivity index (χ3v) is 5.24. The molecule has 0 unspecified atom stereocenters. The van der Waals surface area contributed by atoms with Crippen molar-refractivity contribution < 1.29 is 14.0 Å². The zero-order chi connectivity index (χ0) is 18.7. The molecule has 0 aromatic heterocycles. The summed E-state index contributed by atoms with van der Waals surface area (Å²) in [6.07, 6.45) is 3.55. The van der Waals surface area contributed by atoms with Crippen LogP contribution in [0, 0.1) is 5.82 Å². The SMILES string of the molecule is CC(=O)c1ccccc1C(=O)N1[C@@H](CCc2ccc(F)cc2)CC[C@H]1C. The molecule has 1 aliphatic heterocycles. The van der Waals surface area contributed by atoms with Gasteiger partial charge in [0.05, 0.1) is 5.56 Å². The molecule has 0 aliphatic carbocycles. The summed E-state index contributed by atoms with van der Waals surface area (Å²) in [5.74, 6) is -0.394. The van der Waals surface area contributed by atoms with Crippen molar-refractivity contribution in [2.75, 3.05) is 0 Å². The highest BCUT2D eigenvalue weighted by Crippen LogP contribution is 2.30. The number of ketones is 1. The van der Waals surface area contributed by atoms with E-state index in [1.807, 2.05) is 4.90 Å². The maximum absolute atomic E-state index is 13.2. The number of rotatable bonds is 5. The monoisotopic (exact) mass is 353 g/mol. The van der Waals surface area contributed by atoms with Crippen LogP contribution in [-0.4, -0.2) is 28.7 Å². The van der Waals surface area contributed by atoms with Crippen molar-refractivity contribution in [3.8, 4) is 0 Å². The summed E-state index contributed by atoms with van der Waals surface area (Å²) in [5, 5.41) is 0. The summed E-state index contributed by atoms with van der Waals surface area (Å²) in [4.78, 5) is 27.0. The zero-order valence-electron chi connectivity index (χ0n) is 15.2. The van der Waals surface area contributed by atoms with Crippen molar-refractivity contribution in [2.45, 2.75) is 51.6 Å². The average molecular weight is 353 g/mol. The van der Waals surface area contributed by atoms with Gasteiger partial charge in [0.25, 0.3) is 5.91 Å². The van der Waals surface area contributed by atoms with Crippen LogP contribution in [0.15, 0.2) is 48.5 Å². The quantitative estimate of drug-likeness (QED) is 0.734. The van der Waals surface area contributed by atoms with Crippen LogP contribution in [0.2, 0.25) is 0 Å². The van der Waals surface area contributed by atoms with Gasteiger partial charge in [0, 0.05) is 17.6 Å². The van der Waals surface area contributed by atoms with E-state index in [0.29, 0.717) is 11.1 Å². The molecule has 0 radical (unpaired) electrons. The van der Waals surface area contributed by atoms with Gasteiger partial charge >= 0.3 is 0 Å². The van der Waals surface area contributed by atoms with Gasteiger partial charge in [0.15, 0.2) is 5.78 Å². The average Bonchev–Trinajstić information content (AvgIpc) is 3.01. The zero-order valence-corrected chi connectivity index (χ0v) is 15.2. The van der Waals surface area contributed by atoms with Crippen molar-refractivity contribution in [3.63, 3.8) is 0 Å². The van der Waals surface area contributed by atoms with Gasteiger partial charge in [-0.1, -0.05) is 30.3 Å². The molecular formula is C22H24FNO2. The number of aryl methyl sites for hydroxylation is 1. The number of hydrogen-bond acceptors (Lipinski definition) is 2. The lowest BCUT2D eigenvalue weighted by atomic mass is 10.0. The first-order valence-electron chi connectivity index (χ1n) is 9.14. The van der Waals surface area contributed by atoms with Crippen molar-refractivity contribution >= 4 is 11.7 Å². The Morgan fingerprint density at radius 2 is 1.69 bits per heavy atom. The van der Waals surface area contributed by atoms with Crippen LogP contribution in [0.1, 0.15) is 59.4 Å². The molecule has 1 heterocycles. The second kappa shape index (κ2) is 7.81. The van der Waals surface area contributed by atoms with Crippen molar-refractivity contribution in [2.24, 2.45) is 0 Å². The molecule has 3 nitrogen and oxygen atoms in total. The fourth-order valence-corrected chi connectivity index (χ4v) is 3.82. The summed E-state index contributed by atoms with van der Waals surface area (Å²) in [6.45, 7) is 3.55. The maximum atomic E-state index is 13.2. The number of benzene rings is 2. The largest absolute Gasteiger partial charge is 0.333 e. The molecule has 0 N–H and O–H groups in total. The molecule has 1 fully saturated rings. The number of likely N-dealkylation sites (tertiary alicyclic amines) is 1. The van der Waals surface area contributed by atoms with Crippen molar-refractivity contribution in [1.29, 1.82) is 0 Å². The van der Waals surface area contributed by atoms with Crippen LogP contribution in [0.25, 0.3) is 0 Å². The van der Waals surface area contributed by atoms with E-state index in [2.05, 4.69) is 6.92 Å². The first-order valence-corrected chi connectivity index (χ1v) is 9.14. The third kappa shape index (κ3) is 3.85. The third-order valence-electron chi connectivity index (χ3n) is 5.24. The Labute approximate surface area is 153 Å². The van der Waals surface area contributed by atoms with E-state index in [1.165, 1.54) is 19.1 Å². The van der Waals surface area contributed by atoms with Gasteiger partial charge in [-0.05, 0) is 63.3 Å². The molecule has 0 spiro atoms. The fraction of sp³-hybridized carbons (Fsp3) is 0.364. The summed E-state index contributed by atoms with van der Waals surface area (Å²) in [7, 11) is 0. The van der Waals surface area contributed by atoms with E-state index in [4.69, 9.17) is 0 Å². The molecule has 2 aromatic carbocycles. The van der Waals surface area contributed by atoms with E-state index >= 15 is 0 Å². The van der Waals surface area contributed by atoms with Gasteiger partial charge in [0.2, 0.25) is 0 Å². The van der Waals surface area contributed by atoms with Crippen LogP contribution in [0.3, 0.4) is 0 Å². The Balaban J connectivity index is 1.77. The van der Waals surface area contributed by atoms with Crippen LogP contribution in [0.4, 0.5) is 4.39 Å². The molecule has 0 saturated carbocycles. The molecule has 1 saturated heterocycles. The molecule has 136 valence electrons. The highest BCUT2D eigenvalue weighted by Gasteiger charge is 2.35. The number of halogens is 1. The highest BCUT2D eigenvalue weighted by atomic mass is 19.1. The van der Waals surface area contributed by atoms with Crippen LogP contribution in [-0.2, 0) is 6.42 Å². The van der Waals surface area contributed by atoms with Crippen LogP contribution in [0.5, 0.6) is 0 Å². The Kier molecular flexibility index (Phi) is 5.50. The van der Waals surface area contributed by atoms with Gasteiger partial charge in [0.1, 0.15) is 5.82 Å². The minimum absolute atomic E-state index is 0.0649. The van der Waals surface area contributed by atoms with E-state index in [0.717, 1.165) is 31.2 Å². The summed E-state index contributed by atoms with van der Waals surface area (Å²) in [5.41, 5.74) is 2.04. The molecule has 0 bridgehead atoms. The first-order chi connectivity index (χ1) is 12.5. The Hall–Kier alpha value is -2.49. The lowest BCUT2D eigenvalue weighted by molar-refractivity contribution is 0.0669. The predicted octanol–water partition coefficient (Wildman–Crippen LogP) is 4.65. The molecule has 1 amide bonds. The molecular weight excluding hydrogens is 329 g/mol. The van der Waals surface area contributed by atoms with E-state index in [1.54, 1.807) is 36.4 Å². The van der Waals surface area contributed by atoms with E-state index in [9.17, 15) is 14.0 Å². The Morgan fingerprint density at radius 1 is 1.04 bits per heavy atom. The van der Waals surface area contributed by atoms with Gasteiger partial charge < -0.3 is 4.90 Å². The number of carbonyl (C=O) groups excluding carboxylic acids is 2. The lowest BCUT2D eigenvalue weighted by Gasteiger charge is -2.29. The second-order valence-corrected chi connectivity index (χ2v) is 7.06. The number of hydrogen-bond donors (Lipinski definition) is 0.